The summed E-state index contributed by atoms with van der Waals surface area (Å²) in [5.74, 6) is 0.918. The number of aromatic nitrogens is 4. The fraction of sp³-hybridized carbons (Fsp3) is 0.118. The molecule has 0 saturated carbocycles. The van der Waals surface area contributed by atoms with Gasteiger partial charge in [0.25, 0.3) is 0 Å². The van der Waals surface area contributed by atoms with Gasteiger partial charge in [-0.3, -0.25) is 4.57 Å². The summed E-state index contributed by atoms with van der Waals surface area (Å²) in [6.07, 6.45) is 3.57. The van der Waals surface area contributed by atoms with Crippen LogP contribution in [0.4, 0.5) is 0 Å². The lowest BCUT2D eigenvalue weighted by Gasteiger charge is -2.24. The second-order valence-electron chi connectivity index (χ2n) is 10.8. The van der Waals surface area contributed by atoms with Gasteiger partial charge < -0.3 is 0 Å². The summed E-state index contributed by atoms with van der Waals surface area (Å²) < 4.78 is 29.8. The van der Waals surface area contributed by atoms with Gasteiger partial charge in [0.05, 0.1) is 22.1 Å². The standard InChI is InChI=1S/C34H31N4Si/c1-24-18-19-35-34(20-24)38-30-13-6-5-12-28(30)29-17-16-27(22-33(29)38)39(3,4)26-11-9-10-25(21-26)37-23-36(2)31-14-7-8-15-32(31)37/h5-23H,1-4H3/q+1/i2D3. The Morgan fingerprint density at radius 2 is 1.51 bits per heavy atom. The highest BCUT2D eigenvalue weighted by Crippen LogP contribution is 2.31. The molecular weight excluding hydrogens is 492 g/mol. The molecule has 0 bridgehead atoms. The summed E-state index contributed by atoms with van der Waals surface area (Å²) in [5.41, 5.74) is 5.96. The average molecular weight is 527 g/mol. The number of hydrogen-bond donors (Lipinski definition) is 0. The zero-order valence-electron chi connectivity index (χ0n) is 25.3. The van der Waals surface area contributed by atoms with Gasteiger partial charge in [-0.05, 0) is 61.0 Å². The van der Waals surface area contributed by atoms with E-state index >= 15 is 0 Å². The van der Waals surface area contributed by atoms with Gasteiger partial charge in [0.2, 0.25) is 6.33 Å². The molecule has 0 spiro atoms. The van der Waals surface area contributed by atoms with Crippen LogP contribution in [0.15, 0.2) is 116 Å². The number of fused-ring (bicyclic) bond motifs is 4. The Morgan fingerprint density at radius 1 is 0.744 bits per heavy atom. The Balaban J connectivity index is 1.39. The van der Waals surface area contributed by atoms with Crippen molar-refractivity contribution >= 4 is 51.3 Å². The molecule has 4 aromatic carbocycles. The third-order valence-corrected chi connectivity index (χ3v) is 11.5. The van der Waals surface area contributed by atoms with Gasteiger partial charge >= 0.3 is 0 Å². The van der Waals surface area contributed by atoms with Crippen LogP contribution in [0.1, 0.15) is 9.68 Å². The van der Waals surface area contributed by atoms with Crippen LogP contribution in [-0.2, 0) is 6.98 Å². The van der Waals surface area contributed by atoms with Gasteiger partial charge in [-0.2, -0.15) is 4.57 Å². The molecule has 0 radical (unpaired) electrons. The van der Waals surface area contributed by atoms with E-state index in [0.29, 0.717) is 5.52 Å². The molecule has 0 saturated heterocycles. The first-order valence-corrected chi connectivity index (χ1v) is 16.2. The summed E-state index contributed by atoms with van der Waals surface area (Å²) in [5, 5.41) is 5.02. The van der Waals surface area contributed by atoms with Crippen LogP contribution < -0.4 is 14.9 Å². The van der Waals surface area contributed by atoms with E-state index in [0.717, 1.165) is 28.1 Å². The van der Waals surface area contributed by atoms with Crippen LogP contribution in [0.3, 0.4) is 0 Å². The van der Waals surface area contributed by atoms with Gasteiger partial charge in [-0.15, -0.1) is 0 Å². The molecule has 0 fully saturated rings. The third-order valence-electron chi connectivity index (χ3n) is 8.00. The summed E-state index contributed by atoms with van der Waals surface area (Å²) >= 11 is 0. The van der Waals surface area contributed by atoms with Crippen molar-refractivity contribution in [3.8, 4) is 11.5 Å². The molecule has 0 unspecified atom stereocenters. The minimum absolute atomic E-state index is 0.683. The lowest BCUT2D eigenvalue weighted by molar-refractivity contribution is -0.645. The second-order valence-corrected chi connectivity index (χ2v) is 15.2. The Hall–Kier alpha value is -4.48. The minimum atomic E-state index is -2.27. The van der Waals surface area contributed by atoms with E-state index in [-0.39, 0.29) is 0 Å². The highest BCUT2D eigenvalue weighted by Gasteiger charge is 2.28. The van der Waals surface area contributed by atoms with Crippen molar-refractivity contribution in [1.29, 1.82) is 0 Å². The van der Waals surface area contributed by atoms with Crippen LogP contribution in [0, 0.1) is 6.92 Å². The predicted octanol–water partition coefficient (Wildman–Crippen LogP) is 6.08. The van der Waals surface area contributed by atoms with Crippen molar-refractivity contribution in [2.75, 3.05) is 0 Å². The van der Waals surface area contributed by atoms with E-state index < -0.39 is 15.0 Å². The first-order chi connectivity index (χ1) is 20.1. The van der Waals surface area contributed by atoms with Crippen molar-refractivity contribution in [3.63, 3.8) is 0 Å². The number of hydrogen-bond acceptors (Lipinski definition) is 1. The molecule has 0 aliphatic heterocycles. The van der Waals surface area contributed by atoms with Gasteiger partial charge in [-0.1, -0.05) is 78.1 Å². The molecule has 0 aliphatic carbocycles. The van der Waals surface area contributed by atoms with E-state index in [1.165, 1.54) is 31.3 Å². The van der Waals surface area contributed by atoms with E-state index in [1.807, 2.05) is 41.1 Å². The molecule has 190 valence electrons. The van der Waals surface area contributed by atoms with Crippen molar-refractivity contribution in [2.45, 2.75) is 20.0 Å². The van der Waals surface area contributed by atoms with E-state index in [1.54, 1.807) is 6.33 Å². The zero-order chi connectivity index (χ0) is 29.2. The highest BCUT2D eigenvalue weighted by molar-refractivity contribution is 7.00. The average Bonchev–Trinajstić information content (AvgIpc) is 3.54. The zero-order valence-corrected chi connectivity index (χ0v) is 23.3. The summed E-state index contributed by atoms with van der Waals surface area (Å²) in [6.45, 7) is 4.58. The number of imidazole rings is 1. The molecule has 39 heavy (non-hydrogen) atoms. The Labute approximate surface area is 233 Å². The number of para-hydroxylation sites is 3. The van der Waals surface area contributed by atoms with Crippen LogP contribution in [0.5, 0.6) is 0 Å². The van der Waals surface area contributed by atoms with Crippen LogP contribution in [0.2, 0.25) is 13.1 Å². The molecule has 0 aliphatic rings. The number of aryl methyl sites for hydroxylation is 2. The van der Waals surface area contributed by atoms with Gasteiger partial charge in [0.1, 0.15) is 19.6 Å². The van der Waals surface area contributed by atoms with Crippen LogP contribution in [0.25, 0.3) is 44.3 Å². The molecule has 0 amide bonds. The summed E-state index contributed by atoms with van der Waals surface area (Å²) in [4.78, 5) is 4.75. The first-order valence-electron chi connectivity index (χ1n) is 14.7. The minimum Gasteiger partial charge on any atom is -0.294 e. The summed E-state index contributed by atoms with van der Waals surface area (Å²) in [6, 6.07) is 35.8. The van der Waals surface area contributed by atoms with Gasteiger partial charge in [-0.25, -0.2) is 9.55 Å². The molecule has 3 heterocycles. The molecule has 0 N–H and O–H groups in total. The Morgan fingerprint density at radius 3 is 2.36 bits per heavy atom. The fourth-order valence-electron chi connectivity index (χ4n) is 5.78. The lowest BCUT2D eigenvalue weighted by atomic mass is 10.1. The topological polar surface area (TPSA) is 26.6 Å². The van der Waals surface area contributed by atoms with Gasteiger partial charge in [0, 0.05) is 17.0 Å². The maximum atomic E-state index is 8.07. The monoisotopic (exact) mass is 526 g/mol. The second kappa shape index (κ2) is 8.78. The maximum Gasteiger partial charge on any atom is 0.249 e. The van der Waals surface area contributed by atoms with E-state index in [2.05, 4.69) is 97.4 Å². The highest BCUT2D eigenvalue weighted by atomic mass is 28.3. The van der Waals surface area contributed by atoms with Crippen molar-refractivity contribution in [2.24, 2.45) is 6.98 Å². The molecule has 0 atom stereocenters. The van der Waals surface area contributed by atoms with E-state index in [4.69, 9.17) is 9.10 Å². The lowest BCUT2D eigenvalue weighted by Crippen LogP contribution is -2.52. The molecule has 4 nitrogen and oxygen atoms in total. The fourth-order valence-corrected chi connectivity index (χ4v) is 8.13. The molecule has 7 rings (SSSR count). The summed E-state index contributed by atoms with van der Waals surface area (Å²) in [7, 11) is -2.18. The number of benzene rings is 4. The van der Waals surface area contributed by atoms with Crippen molar-refractivity contribution < 1.29 is 8.68 Å². The Kier molecular flexibility index (Phi) is 4.61. The molecule has 7 aromatic rings. The van der Waals surface area contributed by atoms with Gasteiger partial charge in [0.15, 0.2) is 11.0 Å². The predicted molar refractivity (Wildman–Crippen MR) is 165 cm³/mol. The molecule has 5 heteroatoms. The molecular formula is C34H31N4Si+. The SMILES string of the molecule is [2H]C([2H])([2H])[n+]1cn(-c2cccc([Si](C)(C)c3ccc4c5ccccc5n(-c5cc(C)ccn5)c4c3)c2)c2ccccc21. The van der Waals surface area contributed by atoms with Crippen LogP contribution >= 0.6 is 0 Å². The Bertz CT molecular complexity index is 2140. The quantitative estimate of drug-likeness (QED) is 0.202. The van der Waals surface area contributed by atoms with E-state index in [9.17, 15) is 0 Å². The number of pyridine rings is 1. The maximum absolute atomic E-state index is 8.07. The first kappa shape index (κ1) is 20.5. The van der Waals surface area contributed by atoms with Crippen molar-refractivity contribution in [1.82, 2.24) is 14.1 Å². The number of rotatable bonds is 4. The van der Waals surface area contributed by atoms with Crippen molar-refractivity contribution in [3.05, 3.63) is 121 Å². The normalized spacial score (nSPS) is 13.6. The third kappa shape index (κ3) is 3.73. The number of nitrogens with zero attached hydrogens (tertiary/aromatic N) is 4. The largest absolute Gasteiger partial charge is 0.294 e. The molecule has 3 aromatic heterocycles. The smallest absolute Gasteiger partial charge is 0.249 e. The van der Waals surface area contributed by atoms with Crippen LogP contribution in [-0.4, -0.2) is 22.2 Å².